The maximum Gasteiger partial charge on any atom is 0.240 e. The maximum absolute atomic E-state index is 12.7. The first kappa shape index (κ1) is 13.8. The second kappa shape index (κ2) is 6.02. The lowest BCUT2D eigenvalue weighted by molar-refractivity contribution is -0.137. The van der Waals surface area contributed by atoms with Gasteiger partial charge in [-0.1, -0.05) is 12.8 Å². The molecular weight excluding hydrogens is 226 g/mol. The van der Waals surface area contributed by atoms with Crippen molar-refractivity contribution in [3.63, 3.8) is 0 Å². The Morgan fingerprint density at radius 1 is 1.28 bits per heavy atom. The van der Waals surface area contributed by atoms with Crippen LogP contribution in [0.2, 0.25) is 0 Å². The van der Waals surface area contributed by atoms with Gasteiger partial charge < -0.3 is 10.6 Å². The summed E-state index contributed by atoms with van der Waals surface area (Å²) < 4.78 is 0. The van der Waals surface area contributed by atoms with Gasteiger partial charge in [-0.15, -0.1) is 0 Å². The van der Waals surface area contributed by atoms with Crippen molar-refractivity contribution in [1.29, 1.82) is 0 Å². The number of hydrogen-bond acceptors (Lipinski definition) is 3. The van der Waals surface area contributed by atoms with Crippen LogP contribution in [0.25, 0.3) is 0 Å². The molecule has 0 aromatic carbocycles. The molecule has 104 valence electrons. The molecule has 1 heterocycles. The summed E-state index contributed by atoms with van der Waals surface area (Å²) in [7, 11) is 2.07. The van der Waals surface area contributed by atoms with Crippen LogP contribution in [0.4, 0.5) is 0 Å². The zero-order valence-electron chi connectivity index (χ0n) is 11.8. The van der Waals surface area contributed by atoms with Gasteiger partial charge in [-0.3, -0.25) is 9.69 Å². The van der Waals surface area contributed by atoms with E-state index in [0.29, 0.717) is 24.5 Å². The van der Waals surface area contributed by atoms with E-state index in [-0.39, 0.29) is 6.04 Å². The van der Waals surface area contributed by atoms with Crippen molar-refractivity contribution in [2.45, 2.75) is 63.6 Å². The highest BCUT2D eigenvalue weighted by molar-refractivity contribution is 5.82. The Morgan fingerprint density at radius 2 is 1.94 bits per heavy atom. The molecule has 0 aromatic rings. The first-order chi connectivity index (χ1) is 8.65. The van der Waals surface area contributed by atoms with E-state index in [0.717, 1.165) is 19.4 Å². The van der Waals surface area contributed by atoms with Crippen molar-refractivity contribution >= 4 is 5.91 Å². The van der Waals surface area contributed by atoms with Gasteiger partial charge in [0.15, 0.2) is 0 Å². The van der Waals surface area contributed by atoms with Crippen LogP contribution in [0.15, 0.2) is 0 Å². The molecule has 2 atom stereocenters. The van der Waals surface area contributed by atoms with Crippen molar-refractivity contribution in [2.75, 3.05) is 20.1 Å². The van der Waals surface area contributed by atoms with Crippen LogP contribution in [-0.2, 0) is 4.79 Å². The third-order valence-corrected chi connectivity index (χ3v) is 4.75. The molecule has 4 heteroatoms. The Morgan fingerprint density at radius 3 is 2.56 bits per heavy atom. The molecule has 1 saturated carbocycles. The number of carbonyl (C=O) groups is 1. The maximum atomic E-state index is 12.7. The third-order valence-electron chi connectivity index (χ3n) is 4.75. The molecule has 0 bridgehead atoms. The second-order valence-electron chi connectivity index (χ2n) is 5.87. The van der Waals surface area contributed by atoms with Gasteiger partial charge in [0.2, 0.25) is 5.91 Å². The van der Waals surface area contributed by atoms with Crippen molar-refractivity contribution < 1.29 is 4.79 Å². The van der Waals surface area contributed by atoms with Gasteiger partial charge in [-0.25, -0.2) is 0 Å². The molecule has 4 nitrogen and oxygen atoms in total. The highest BCUT2D eigenvalue weighted by atomic mass is 16.2. The van der Waals surface area contributed by atoms with Crippen LogP contribution < -0.4 is 5.73 Å². The molecule has 2 aliphatic rings. The number of nitrogens with zero attached hydrogens (tertiary/aromatic N) is 2. The summed E-state index contributed by atoms with van der Waals surface area (Å²) in [6, 6.07) is 0.960. The minimum atomic E-state index is -0.00639. The van der Waals surface area contributed by atoms with E-state index in [9.17, 15) is 4.79 Å². The number of amides is 1. The smallest absolute Gasteiger partial charge is 0.240 e. The molecule has 2 fully saturated rings. The average Bonchev–Trinajstić information content (AvgIpc) is 2.85. The standard InChI is InChI=1S/C14H27N3O/c1-11-8-10-17(12-5-3-4-6-12)14(18)13(7-9-15)16(11)2/h11-13H,3-10,15H2,1-2H3. The summed E-state index contributed by atoms with van der Waals surface area (Å²) in [5.41, 5.74) is 5.68. The van der Waals surface area contributed by atoms with Gasteiger partial charge >= 0.3 is 0 Å². The fraction of sp³-hybridized carbons (Fsp3) is 0.929. The molecule has 18 heavy (non-hydrogen) atoms. The van der Waals surface area contributed by atoms with Crippen molar-refractivity contribution in [1.82, 2.24) is 9.80 Å². The van der Waals surface area contributed by atoms with Crippen LogP contribution in [0.5, 0.6) is 0 Å². The molecule has 0 radical (unpaired) electrons. The lowest BCUT2D eigenvalue weighted by Gasteiger charge is -2.32. The number of nitrogens with two attached hydrogens (primary N) is 1. The van der Waals surface area contributed by atoms with Crippen molar-refractivity contribution in [3.8, 4) is 0 Å². The van der Waals surface area contributed by atoms with Gasteiger partial charge in [0.25, 0.3) is 0 Å². The first-order valence-corrected chi connectivity index (χ1v) is 7.37. The summed E-state index contributed by atoms with van der Waals surface area (Å²) in [5.74, 6) is 0.319. The predicted molar refractivity (Wildman–Crippen MR) is 73.3 cm³/mol. The molecule has 1 aliphatic carbocycles. The van der Waals surface area contributed by atoms with E-state index < -0.39 is 0 Å². The Balaban J connectivity index is 2.13. The summed E-state index contributed by atoms with van der Waals surface area (Å²) >= 11 is 0. The highest BCUT2D eigenvalue weighted by Gasteiger charge is 2.36. The number of hydrogen-bond donors (Lipinski definition) is 1. The summed E-state index contributed by atoms with van der Waals surface area (Å²) in [5, 5.41) is 0. The summed E-state index contributed by atoms with van der Waals surface area (Å²) in [6.45, 7) is 3.73. The zero-order valence-corrected chi connectivity index (χ0v) is 11.8. The van der Waals surface area contributed by atoms with Gasteiger partial charge in [0.1, 0.15) is 0 Å². The summed E-state index contributed by atoms with van der Waals surface area (Å²) in [4.78, 5) is 17.1. The van der Waals surface area contributed by atoms with Crippen molar-refractivity contribution in [3.05, 3.63) is 0 Å². The second-order valence-corrected chi connectivity index (χ2v) is 5.87. The minimum Gasteiger partial charge on any atom is -0.338 e. The van der Waals surface area contributed by atoms with E-state index in [1.807, 2.05) is 0 Å². The average molecular weight is 253 g/mol. The monoisotopic (exact) mass is 253 g/mol. The fourth-order valence-electron chi connectivity index (χ4n) is 3.38. The lowest BCUT2D eigenvalue weighted by atomic mass is 10.1. The first-order valence-electron chi connectivity index (χ1n) is 7.37. The molecule has 2 unspecified atom stereocenters. The molecule has 2 rings (SSSR count). The van der Waals surface area contributed by atoms with Crippen LogP contribution in [-0.4, -0.2) is 54.0 Å². The minimum absolute atomic E-state index is 0.00639. The Bertz CT molecular complexity index is 289. The van der Waals surface area contributed by atoms with Gasteiger partial charge in [-0.2, -0.15) is 0 Å². The summed E-state index contributed by atoms with van der Waals surface area (Å²) in [6.07, 6.45) is 6.81. The number of carbonyl (C=O) groups excluding carboxylic acids is 1. The van der Waals surface area contributed by atoms with E-state index in [1.165, 1.54) is 25.7 Å². The zero-order chi connectivity index (χ0) is 13.1. The van der Waals surface area contributed by atoms with Crippen LogP contribution >= 0.6 is 0 Å². The largest absolute Gasteiger partial charge is 0.338 e. The Hall–Kier alpha value is -0.610. The highest BCUT2D eigenvalue weighted by Crippen LogP contribution is 2.27. The Kier molecular flexibility index (Phi) is 4.62. The predicted octanol–water partition coefficient (Wildman–Crippen LogP) is 1.20. The molecular formula is C14H27N3O. The molecule has 1 aliphatic heterocycles. The molecule has 0 spiro atoms. The number of likely N-dealkylation sites (N-methyl/N-ethyl adjacent to an activating group) is 1. The molecule has 0 aromatic heterocycles. The normalized spacial score (nSPS) is 31.9. The molecule has 1 saturated heterocycles. The van der Waals surface area contributed by atoms with Gasteiger partial charge in [0, 0.05) is 18.6 Å². The van der Waals surface area contributed by atoms with Gasteiger partial charge in [-0.05, 0) is 46.2 Å². The lowest BCUT2D eigenvalue weighted by Crippen LogP contribution is -2.49. The van der Waals surface area contributed by atoms with Crippen LogP contribution in [0.3, 0.4) is 0 Å². The quantitative estimate of drug-likeness (QED) is 0.822. The topological polar surface area (TPSA) is 49.6 Å². The van der Waals surface area contributed by atoms with Crippen molar-refractivity contribution in [2.24, 2.45) is 5.73 Å². The van der Waals surface area contributed by atoms with E-state index in [1.54, 1.807) is 0 Å². The van der Waals surface area contributed by atoms with E-state index in [4.69, 9.17) is 5.73 Å². The van der Waals surface area contributed by atoms with Crippen LogP contribution in [0.1, 0.15) is 45.4 Å². The van der Waals surface area contributed by atoms with E-state index >= 15 is 0 Å². The SMILES string of the molecule is CC1CCN(C2CCCC2)C(=O)C(CCN)N1C. The molecule has 1 amide bonds. The molecule has 2 N–H and O–H groups in total. The third kappa shape index (κ3) is 2.69. The Labute approximate surface area is 110 Å². The van der Waals surface area contributed by atoms with E-state index in [2.05, 4.69) is 23.8 Å². The fourth-order valence-corrected chi connectivity index (χ4v) is 3.38. The van der Waals surface area contributed by atoms with Crippen LogP contribution in [0, 0.1) is 0 Å². The number of rotatable bonds is 3. The van der Waals surface area contributed by atoms with Gasteiger partial charge in [0.05, 0.1) is 6.04 Å².